The Balaban J connectivity index is 1.27. The fourth-order valence-corrected chi connectivity index (χ4v) is 5.63. The maximum atomic E-state index is 12.7. The Bertz CT molecular complexity index is 1240. The number of sulfonamides is 1. The summed E-state index contributed by atoms with van der Waals surface area (Å²) in [5.41, 5.74) is 1.69. The van der Waals surface area contributed by atoms with Crippen LogP contribution in [0.15, 0.2) is 54.6 Å². The SMILES string of the molecule is CN(C)c1cccc(Oc2nnnn2[C@@H]2CO[C@@H]3[C@@H]2OC[C@@H]3NS(=O)(=O)Cc2ccccc2)c1. The maximum Gasteiger partial charge on any atom is 0.341 e. The number of anilines is 1. The van der Waals surface area contributed by atoms with Crippen molar-refractivity contribution in [3.05, 3.63) is 60.2 Å². The minimum Gasteiger partial charge on any atom is -0.423 e. The van der Waals surface area contributed by atoms with Crippen molar-refractivity contribution in [2.45, 2.75) is 30.0 Å². The number of rotatable bonds is 8. The lowest BCUT2D eigenvalue weighted by molar-refractivity contribution is 0.0615. The standard InChI is InChI=1S/C22H26N6O5S/c1-27(2)16-9-6-10-17(11-16)33-22-23-25-26-28(22)19-13-32-20-18(12-31-21(19)20)24-34(29,30)14-15-7-4-3-5-8-15/h3-11,18-21,24H,12-14H2,1-2H3/t18-,19+,20-,21+/m0/s1. The molecule has 0 bridgehead atoms. The highest BCUT2D eigenvalue weighted by Crippen LogP contribution is 2.36. The van der Waals surface area contributed by atoms with Crippen LogP contribution in [0.4, 0.5) is 5.69 Å². The number of nitrogens with zero attached hydrogens (tertiary/aromatic N) is 5. The molecule has 0 aliphatic carbocycles. The van der Waals surface area contributed by atoms with Gasteiger partial charge >= 0.3 is 6.01 Å². The molecule has 3 aromatic rings. The summed E-state index contributed by atoms with van der Waals surface area (Å²) in [7, 11) is 0.317. The van der Waals surface area contributed by atoms with Gasteiger partial charge in [-0.2, -0.15) is 4.68 Å². The molecule has 2 aliphatic heterocycles. The average Bonchev–Trinajstić information content (AvgIpc) is 3.52. The first-order valence-electron chi connectivity index (χ1n) is 10.9. The quantitative estimate of drug-likeness (QED) is 0.503. The topological polar surface area (TPSA) is 121 Å². The van der Waals surface area contributed by atoms with E-state index in [-0.39, 0.29) is 31.0 Å². The molecular weight excluding hydrogens is 460 g/mol. The molecule has 0 amide bonds. The summed E-state index contributed by atoms with van der Waals surface area (Å²) < 4.78 is 47.5. The number of benzene rings is 2. The second-order valence-corrected chi connectivity index (χ2v) is 10.3. The lowest BCUT2D eigenvalue weighted by Crippen LogP contribution is -2.44. The van der Waals surface area contributed by atoms with Crippen LogP contribution in [0.2, 0.25) is 0 Å². The van der Waals surface area contributed by atoms with Crippen molar-refractivity contribution >= 4 is 15.7 Å². The van der Waals surface area contributed by atoms with Crippen LogP contribution < -0.4 is 14.4 Å². The minimum atomic E-state index is -3.57. The van der Waals surface area contributed by atoms with Crippen molar-refractivity contribution in [1.29, 1.82) is 0 Å². The molecule has 0 saturated carbocycles. The summed E-state index contributed by atoms with van der Waals surface area (Å²) in [5, 5.41) is 11.9. The van der Waals surface area contributed by atoms with Gasteiger partial charge in [-0.15, -0.1) is 0 Å². The number of hydrogen-bond acceptors (Lipinski definition) is 9. The lowest BCUT2D eigenvalue weighted by Gasteiger charge is -2.18. The lowest BCUT2D eigenvalue weighted by atomic mass is 10.1. The van der Waals surface area contributed by atoms with E-state index >= 15 is 0 Å². The third-order valence-corrected chi connectivity index (χ3v) is 7.25. The second kappa shape index (κ2) is 9.29. The molecule has 0 unspecified atom stereocenters. The molecule has 4 atom stereocenters. The van der Waals surface area contributed by atoms with E-state index in [2.05, 4.69) is 20.2 Å². The van der Waals surface area contributed by atoms with Gasteiger partial charge in [-0.05, 0) is 28.1 Å². The van der Waals surface area contributed by atoms with Crippen molar-refractivity contribution < 1.29 is 22.6 Å². The van der Waals surface area contributed by atoms with Crippen molar-refractivity contribution in [3.8, 4) is 11.8 Å². The van der Waals surface area contributed by atoms with E-state index in [9.17, 15) is 8.42 Å². The molecule has 2 fully saturated rings. The van der Waals surface area contributed by atoms with Crippen LogP contribution in [-0.4, -0.2) is 74.2 Å². The van der Waals surface area contributed by atoms with Crippen LogP contribution >= 0.6 is 0 Å². The summed E-state index contributed by atoms with van der Waals surface area (Å²) in [6.07, 6.45) is -0.868. The first-order valence-corrected chi connectivity index (χ1v) is 12.5. The largest absolute Gasteiger partial charge is 0.423 e. The van der Waals surface area contributed by atoms with Gasteiger partial charge in [-0.3, -0.25) is 0 Å². The Hall–Kier alpha value is -3.06. The van der Waals surface area contributed by atoms with E-state index in [1.54, 1.807) is 12.1 Å². The predicted molar refractivity (Wildman–Crippen MR) is 123 cm³/mol. The number of aromatic nitrogens is 4. The second-order valence-electron chi connectivity index (χ2n) is 8.53. The van der Waals surface area contributed by atoms with Crippen LogP contribution in [0.25, 0.3) is 0 Å². The molecular formula is C22H26N6O5S. The summed E-state index contributed by atoms with van der Waals surface area (Å²) in [6, 6.07) is 16.0. The molecule has 0 radical (unpaired) electrons. The molecule has 34 heavy (non-hydrogen) atoms. The molecule has 12 heteroatoms. The zero-order valence-electron chi connectivity index (χ0n) is 18.8. The number of fused-ring (bicyclic) bond motifs is 1. The molecule has 5 rings (SSSR count). The maximum absolute atomic E-state index is 12.7. The molecule has 0 spiro atoms. The molecule has 2 aliphatic rings. The monoisotopic (exact) mass is 486 g/mol. The van der Waals surface area contributed by atoms with Gasteiger partial charge in [0.05, 0.1) is 25.0 Å². The Morgan fingerprint density at radius 1 is 1.09 bits per heavy atom. The van der Waals surface area contributed by atoms with Crippen LogP contribution in [0.1, 0.15) is 11.6 Å². The molecule has 1 N–H and O–H groups in total. The van der Waals surface area contributed by atoms with E-state index in [0.717, 1.165) is 5.69 Å². The first-order chi connectivity index (χ1) is 16.4. The van der Waals surface area contributed by atoms with E-state index in [4.69, 9.17) is 14.2 Å². The fourth-order valence-electron chi connectivity index (χ4n) is 4.25. The highest BCUT2D eigenvalue weighted by molar-refractivity contribution is 7.88. The third-order valence-electron chi connectivity index (χ3n) is 5.88. The van der Waals surface area contributed by atoms with Gasteiger partial charge < -0.3 is 19.1 Å². The van der Waals surface area contributed by atoms with Gasteiger partial charge in [0.25, 0.3) is 0 Å². The van der Waals surface area contributed by atoms with Crippen molar-refractivity contribution in [2.24, 2.45) is 0 Å². The van der Waals surface area contributed by atoms with Crippen LogP contribution in [0.5, 0.6) is 11.8 Å². The highest BCUT2D eigenvalue weighted by atomic mass is 32.2. The molecule has 180 valence electrons. The summed E-state index contributed by atoms with van der Waals surface area (Å²) in [5.74, 6) is 0.485. The van der Waals surface area contributed by atoms with Crippen molar-refractivity contribution in [3.63, 3.8) is 0 Å². The zero-order chi connectivity index (χ0) is 23.7. The van der Waals surface area contributed by atoms with Gasteiger partial charge in [0.1, 0.15) is 24.0 Å². The molecule has 3 heterocycles. The predicted octanol–water partition coefficient (Wildman–Crippen LogP) is 1.36. The average molecular weight is 487 g/mol. The Morgan fingerprint density at radius 2 is 1.88 bits per heavy atom. The van der Waals surface area contributed by atoms with Crippen LogP contribution in [0, 0.1) is 0 Å². The molecule has 2 aromatic carbocycles. The van der Waals surface area contributed by atoms with E-state index in [1.165, 1.54) is 4.68 Å². The zero-order valence-corrected chi connectivity index (χ0v) is 19.6. The molecule has 2 saturated heterocycles. The van der Waals surface area contributed by atoms with Crippen LogP contribution in [-0.2, 0) is 25.2 Å². The fraction of sp³-hybridized carbons (Fsp3) is 0.409. The summed E-state index contributed by atoms with van der Waals surface area (Å²) in [6.45, 7) is 0.467. The van der Waals surface area contributed by atoms with Gasteiger partial charge in [0.2, 0.25) is 10.0 Å². The molecule has 1 aromatic heterocycles. The van der Waals surface area contributed by atoms with E-state index in [1.807, 2.05) is 61.5 Å². The summed E-state index contributed by atoms with van der Waals surface area (Å²) >= 11 is 0. The smallest absolute Gasteiger partial charge is 0.341 e. The minimum absolute atomic E-state index is 0.109. The third kappa shape index (κ3) is 4.75. The van der Waals surface area contributed by atoms with Gasteiger partial charge in [-0.25, -0.2) is 13.1 Å². The normalized spacial score (nSPS) is 24.2. The Labute approximate surface area is 197 Å². The summed E-state index contributed by atoms with van der Waals surface area (Å²) in [4.78, 5) is 1.97. The van der Waals surface area contributed by atoms with Crippen molar-refractivity contribution in [2.75, 3.05) is 32.2 Å². The number of nitrogens with one attached hydrogen (secondary N) is 1. The Kier molecular flexibility index (Phi) is 6.21. The van der Waals surface area contributed by atoms with Crippen molar-refractivity contribution in [1.82, 2.24) is 24.9 Å². The van der Waals surface area contributed by atoms with E-state index in [0.29, 0.717) is 11.3 Å². The molecule has 11 nitrogen and oxygen atoms in total. The number of ether oxygens (including phenoxy) is 3. The van der Waals surface area contributed by atoms with Crippen LogP contribution in [0.3, 0.4) is 0 Å². The van der Waals surface area contributed by atoms with E-state index < -0.39 is 28.3 Å². The number of hydrogen-bond donors (Lipinski definition) is 1. The van der Waals surface area contributed by atoms with Gasteiger partial charge in [0.15, 0.2) is 0 Å². The van der Waals surface area contributed by atoms with Gasteiger partial charge in [-0.1, -0.05) is 41.5 Å². The Morgan fingerprint density at radius 3 is 2.68 bits per heavy atom. The first kappa shape index (κ1) is 22.7. The highest BCUT2D eigenvalue weighted by Gasteiger charge is 2.50. The van der Waals surface area contributed by atoms with Gasteiger partial charge in [0, 0.05) is 25.8 Å². The number of tetrazole rings is 1.